The number of nitrogens with one attached hydrogen (secondary N) is 1. The van der Waals surface area contributed by atoms with Crippen LogP contribution in [-0.2, 0) is 4.79 Å². The molecule has 0 aliphatic heterocycles. The van der Waals surface area contributed by atoms with Gasteiger partial charge in [0.25, 0.3) is 5.91 Å². The molecule has 17 heavy (non-hydrogen) atoms. The monoisotopic (exact) mass is 367 g/mol. The smallest absolute Gasteiger partial charge is 0.326 e. The first-order chi connectivity index (χ1) is 7.95. The van der Waals surface area contributed by atoms with Gasteiger partial charge in [0.15, 0.2) is 0 Å². The third-order valence-electron chi connectivity index (χ3n) is 2.19. The zero-order chi connectivity index (χ0) is 13.0. The van der Waals surface area contributed by atoms with Crippen molar-refractivity contribution in [3.63, 3.8) is 0 Å². The van der Waals surface area contributed by atoms with Gasteiger partial charge in [0.1, 0.15) is 6.04 Å². The fourth-order valence-electron chi connectivity index (χ4n) is 1.22. The SMILES string of the molecule is CCC(NC(=O)c1ccc(I)c(Cl)c1)C(=O)O. The molecular formula is C11H11ClINO3. The number of halogens is 2. The Kier molecular flexibility index (Phi) is 5.20. The Bertz CT molecular complexity index is 450. The summed E-state index contributed by atoms with van der Waals surface area (Å²) in [7, 11) is 0. The van der Waals surface area contributed by atoms with Crippen LogP contribution in [0.25, 0.3) is 0 Å². The topological polar surface area (TPSA) is 66.4 Å². The van der Waals surface area contributed by atoms with E-state index in [0.29, 0.717) is 17.0 Å². The summed E-state index contributed by atoms with van der Waals surface area (Å²) in [4.78, 5) is 22.5. The van der Waals surface area contributed by atoms with Crippen molar-refractivity contribution in [1.29, 1.82) is 0 Å². The number of carboxylic acid groups (broad SMARTS) is 1. The van der Waals surface area contributed by atoms with E-state index in [2.05, 4.69) is 27.9 Å². The molecule has 1 aromatic carbocycles. The van der Waals surface area contributed by atoms with Crippen molar-refractivity contribution >= 4 is 46.1 Å². The van der Waals surface area contributed by atoms with Crippen LogP contribution >= 0.6 is 34.2 Å². The largest absolute Gasteiger partial charge is 0.480 e. The number of aliphatic carboxylic acids is 1. The normalized spacial score (nSPS) is 11.9. The summed E-state index contributed by atoms with van der Waals surface area (Å²) in [6.45, 7) is 1.69. The standard InChI is InChI=1S/C11H11ClINO3/c1-2-9(11(16)17)14-10(15)6-3-4-8(13)7(12)5-6/h3-5,9H,2H2,1H3,(H,14,15)(H,16,17). The van der Waals surface area contributed by atoms with Gasteiger partial charge in [-0.05, 0) is 47.2 Å². The van der Waals surface area contributed by atoms with E-state index >= 15 is 0 Å². The molecule has 92 valence electrons. The van der Waals surface area contributed by atoms with Gasteiger partial charge in [0.2, 0.25) is 0 Å². The van der Waals surface area contributed by atoms with Crippen LogP contribution < -0.4 is 5.32 Å². The van der Waals surface area contributed by atoms with Crippen molar-refractivity contribution in [1.82, 2.24) is 5.32 Å². The lowest BCUT2D eigenvalue weighted by atomic mass is 10.1. The Morgan fingerprint density at radius 1 is 1.53 bits per heavy atom. The molecule has 1 atom stereocenters. The minimum Gasteiger partial charge on any atom is -0.480 e. The average molecular weight is 368 g/mol. The van der Waals surface area contributed by atoms with Gasteiger partial charge >= 0.3 is 5.97 Å². The number of benzene rings is 1. The molecule has 1 unspecified atom stereocenters. The number of carboxylic acids is 1. The molecule has 0 bridgehead atoms. The Morgan fingerprint density at radius 3 is 2.65 bits per heavy atom. The fraction of sp³-hybridized carbons (Fsp3) is 0.273. The van der Waals surface area contributed by atoms with E-state index in [-0.39, 0.29) is 0 Å². The second kappa shape index (κ2) is 6.20. The van der Waals surface area contributed by atoms with E-state index < -0.39 is 17.9 Å². The van der Waals surface area contributed by atoms with E-state index in [0.717, 1.165) is 3.57 Å². The first kappa shape index (κ1) is 14.2. The molecule has 1 aromatic rings. The van der Waals surface area contributed by atoms with Crippen LogP contribution in [0, 0.1) is 3.57 Å². The summed E-state index contributed by atoms with van der Waals surface area (Å²) in [6, 6.07) is 3.96. The highest BCUT2D eigenvalue weighted by Gasteiger charge is 2.18. The van der Waals surface area contributed by atoms with Crippen LogP contribution in [0.3, 0.4) is 0 Å². The lowest BCUT2D eigenvalue weighted by Crippen LogP contribution is -2.40. The van der Waals surface area contributed by atoms with Crippen molar-refractivity contribution in [2.24, 2.45) is 0 Å². The maximum atomic E-state index is 11.7. The highest BCUT2D eigenvalue weighted by atomic mass is 127. The molecule has 0 heterocycles. The van der Waals surface area contributed by atoms with Gasteiger partial charge in [-0.3, -0.25) is 4.79 Å². The van der Waals surface area contributed by atoms with Gasteiger partial charge in [-0.15, -0.1) is 0 Å². The summed E-state index contributed by atoms with van der Waals surface area (Å²) in [5.41, 5.74) is 0.357. The molecule has 0 aliphatic carbocycles. The van der Waals surface area contributed by atoms with Crippen molar-refractivity contribution in [3.8, 4) is 0 Å². The zero-order valence-corrected chi connectivity index (χ0v) is 11.9. The number of carbonyl (C=O) groups excluding carboxylic acids is 1. The van der Waals surface area contributed by atoms with E-state index in [4.69, 9.17) is 16.7 Å². The lowest BCUT2D eigenvalue weighted by molar-refractivity contribution is -0.139. The van der Waals surface area contributed by atoms with Gasteiger partial charge in [-0.25, -0.2) is 4.79 Å². The minimum atomic E-state index is -1.04. The summed E-state index contributed by atoms with van der Waals surface area (Å²) >= 11 is 7.94. The third kappa shape index (κ3) is 3.85. The highest BCUT2D eigenvalue weighted by Crippen LogP contribution is 2.19. The van der Waals surface area contributed by atoms with Crippen LogP contribution in [0.2, 0.25) is 5.02 Å². The Hall–Kier alpha value is -0.820. The molecule has 1 rings (SSSR count). The van der Waals surface area contributed by atoms with Crippen LogP contribution in [0.1, 0.15) is 23.7 Å². The molecule has 0 aliphatic rings. The first-order valence-electron chi connectivity index (χ1n) is 4.94. The van der Waals surface area contributed by atoms with Gasteiger partial charge in [0.05, 0.1) is 5.02 Å². The molecule has 6 heteroatoms. The summed E-state index contributed by atoms with van der Waals surface area (Å²) in [5.74, 6) is -1.48. The van der Waals surface area contributed by atoms with Crippen molar-refractivity contribution in [3.05, 3.63) is 32.4 Å². The first-order valence-corrected chi connectivity index (χ1v) is 6.40. The summed E-state index contributed by atoms with van der Waals surface area (Å²) in [5, 5.41) is 11.7. The van der Waals surface area contributed by atoms with Crippen LogP contribution in [0.15, 0.2) is 18.2 Å². The number of rotatable bonds is 4. The average Bonchev–Trinajstić information content (AvgIpc) is 2.28. The second-order valence-electron chi connectivity index (χ2n) is 3.40. The molecule has 0 aromatic heterocycles. The molecule has 0 saturated heterocycles. The Balaban J connectivity index is 2.82. The van der Waals surface area contributed by atoms with Gasteiger partial charge < -0.3 is 10.4 Å². The zero-order valence-electron chi connectivity index (χ0n) is 9.04. The Morgan fingerprint density at radius 2 is 2.18 bits per heavy atom. The maximum absolute atomic E-state index is 11.7. The quantitative estimate of drug-likeness (QED) is 0.804. The summed E-state index contributed by atoms with van der Waals surface area (Å²) in [6.07, 6.45) is 0.333. The number of hydrogen-bond donors (Lipinski definition) is 2. The molecule has 0 fully saturated rings. The summed E-state index contributed by atoms with van der Waals surface area (Å²) < 4.78 is 0.839. The molecule has 1 amide bonds. The molecule has 0 radical (unpaired) electrons. The van der Waals surface area contributed by atoms with Crippen LogP contribution in [0.5, 0.6) is 0 Å². The van der Waals surface area contributed by atoms with Crippen molar-refractivity contribution in [2.75, 3.05) is 0 Å². The molecule has 0 spiro atoms. The number of hydrogen-bond acceptors (Lipinski definition) is 2. The van der Waals surface area contributed by atoms with Crippen molar-refractivity contribution in [2.45, 2.75) is 19.4 Å². The van der Waals surface area contributed by atoms with Gasteiger partial charge in [0, 0.05) is 9.13 Å². The number of carbonyl (C=O) groups is 2. The van der Waals surface area contributed by atoms with E-state index in [1.807, 2.05) is 0 Å². The predicted molar refractivity (Wildman–Crippen MR) is 73.4 cm³/mol. The van der Waals surface area contributed by atoms with Gasteiger partial charge in [-0.2, -0.15) is 0 Å². The van der Waals surface area contributed by atoms with Crippen molar-refractivity contribution < 1.29 is 14.7 Å². The predicted octanol–water partition coefficient (Wildman–Crippen LogP) is 2.54. The maximum Gasteiger partial charge on any atom is 0.326 e. The van der Waals surface area contributed by atoms with Crippen LogP contribution in [-0.4, -0.2) is 23.0 Å². The van der Waals surface area contributed by atoms with Crippen LogP contribution in [0.4, 0.5) is 0 Å². The highest BCUT2D eigenvalue weighted by molar-refractivity contribution is 14.1. The molecular weight excluding hydrogens is 356 g/mol. The lowest BCUT2D eigenvalue weighted by Gasteiger charge is -2.12. The van der Waals surface area contributed by atoms with E-state index in [9.17, 15) is 9.59 Å². The molecule has 4 nitrogen and oxygen atoms in total. The Labute approximate surface area is 117 Å². The number of amides is 1. The molecule has 0 saturated carbocycles. The second-order valence-corrected chi connectivity index (χ2v) is 4.97. The molecule has 2 N–H and O–H groups in total. The van der Waals surface area contributed by atoms with Gasteiger partial charge in [-0.1, -0.05) is 18.5 Å². The van der Waals surface area contributed by atoms with E-state index in [1.165, 1.54) is 6.07 Å². The fourth-order valence-corrected chi connectivity index (χ4v) is 1.73. The third-order valence-corrected chi connectivity index (χ3v) is 3.77. The van der Waals surface area contributed by atoms with E-state index in [1.54, 1.807) is 19.1 Å². The minimum absolute atomic E-state index is 0.333.